The lowest BCUT2D eigenvalue weighted by Crippen LogP contribution is -2.38. The summed E-state index contributed by atoms with van der Waals surface area (Å²) in [5.74, 6) is -0.156. The van der Waals surface area contributed by atoms with E-state index < -0.39 is 6.10 Å². The zero-order valence-electron chi connectivity index (χ0n) is 9.80. The Morgan fingerprint density at radius 1 is 1.53 bits per heavy atom. The van der Waals surface area contributed by atoms with Crippen LogP contribution in [0.3, 0.4) is 0 Å². The van der Waals surface area contributed by atoms with E-state index in [1.807, 2.05) is 32.8 Å². The van der Waals surface area contributed by atoms with Gasteiger partial charge in [0.1, 0.15) is 0 Å². The zero-order chi connectivity index (χ0) is 11.6. The predicted molar refractivity (Wildman–Crippen MR) is 56.0 cm³/mol. The molecule has 0 aliphatic carbocycles. The average Bonchev–Trinajstić information content (AvgIpc) is 2.32. The van der Waals surface area contributed by atoms with Crippen molar-refractivity contribution in [3.05, 3.63) is 0 Å². The number of rotatable bonds is 4. The van der Waals surface area contributed by atoms with Gasteiger partial charge < -0.3 is 10.0 Å². The summed E-state index contributed by atoms with van der Waals surface area (Å²) in [6, 6.07) is 0. The summed E-state index contributed by atoms with van der Waals surface area (Å²) in [5.41, 5.74) is 0. The lowest BCUT2D eigenvalue weighted by molar-refractivity contribution is -0.178. The fourth-order valence-electron chi connectivity index (χ4n) is 1.58. The molecule has 0 bridgehead atoms. The molecule has 1 heterocycles. The smallest absolute Gasteiger partial charge is 0.251 e. The van der Waals surface area contributed by atoms with Gasteiger partial charge in [0.05, 0.1) is 24.7 Å². The lowest BCUT2D eigenvalue weighted by Gasteiger charge is -2.21. The van der Waals surface area contributed by atoms with Crippen LogP contribution in [0.1, 0.15) is 13.8 Å². The first-order valence-corrected chi connectivity index (χ1v) is 5.22. The first-order valence-electron chi connectivity index (χ1n) is 5.22. The maximum absolute atomic E-state index is 11.6. The monoisotopic (exact) mass is 216 g/mol. The second kappa shape index (κ2) is 4.92. The Bertz CT molecular complexity index is 233. The predicted octanol–water partition coefficient (Wildman–Crippen LogP) is -0.293. The molecular weight excluding hydrogens is 196 g/mol. The topological polar surface area (TPSA) is 53.0 Å². The molecule has 3 atom stereocenters. The zero-order valence-corrected chi connectivity index (χ0v) is 9.80. The average molecular weight is 216 g/mol. The second-order valence-corrected chi connectivity index (χ2v) is 4.41. The van der Waals surface area contributed by atoms with Crippen LogP contribution in [0.25, 0.3) is 0 Å². The second-order valence-electron chi connectivity index (χ2n) is 4.41. The van der Waals surface area contributed by atoms with Crippen LogP contribution < -0.4 is 0 Å². The van der Waals surface area contributed by atoms with Crippen molar-refractivity contribution in [1.82, 2.24) is 9.96 Å². The highest BCUT2D eigenvalue weighted by Gasteiger charge is 2.36. The molecule has 88 valence electrons. The van der Waals surface area contributed by atoms with Gasteiger partial charge in [0.2, 0.25) is 0 Å². The Hall–Kier alpha value is -0.650. The number of nitrogens with zero attached hydrogens (tertiary/aromatic N) is 2. The van der Waals surface area contributed by atoms with Crippen LogP contribution in [0.2, 0.25) is 0 Å². The standard InChI is InChI=1S/C10H20N2O3/c1-7-8(2)15-12(10(7)14)6-9(13)5-11(3)4/h7-9,13H,5-6H2,1-4H3. The van der Waals surface area contributed by atoms with Crippen LogP contribution in [-0.4, -0.2) is 60.4 Å². The van der Waals surface area contributed by atoms with Crippen molar-refractivity contribution in [1.29, 1.82) is 0 Å². The highest BCUT2D eigenvalue weighted by atomic mass is 16.7. The number of carbonyl (C=O) groups excluding carboxylic acids is 1. The summed E-state index contributed by atoms with van der Waals surface area (Å²) in [6.07, 6.45) is -0.662. The maximum atomic E-state index is 11.6. The van der Waals surface area contributed by atoms with E-state index in [0.29, 0.717) is 6.54 Å². The SMILES string of the molecule is CC1ON(CC(O)CN(C)C)C(=O)C1C. The molecule has 1 saturated heterocycles. The Morgan fingerprint density at radius 2 is 2.13 bits per heavy atom. The van der Waals surface area contributed by atoms with E-state index in [4.69, 9.17) is 4.84 Å². The van der Waals surface area contributed by atoms with Crippen LogP contribution in [0, 0.1) is 5.92 Å². The summed E-state index contributed by atoms with van der Waals surface area (Å²) in [7, 11) is 3.75. The summed E-state index contributed by atoms with van der Waals surface area (Å²) >= 11 is 0. The summed E-state index contributed by atoms with van der Waals surface area (Å²) in [5, 5.41) is 10.9. The molecule has 1 rings (SSSR count). The van der Waals surface area contributed by atoms with E-state index in [9.17, 15) is 9.90 Å². The molecule has 1 amide bonds. The fourth-order valence-corrected chi connectivity index (χ4v) is 1.58. The van der Waals surface area contributed by atoms with Gasteiger partial charge in [-0.3, -0.25) is 9.63 Å². The molecule has 5 heteroatoms. The Kier molecular flexibility index (Phi) is 4.07. The van der Waals surface area contributed by atoms with Crippen LogP contribution >= 0.6 is 0 Å². The molecule has 1 aliphatic rings. The molecule has 0 radical (unpaired) electrons. The molecule has 3 unspecified atom stereocenters. The minimum atomic E-state index is -0.568. The van der Waals surface area contributed by atoms with E-state index in [1.54, 1.807) is 0 Å². The van der Waals surface area contributed by atoms with Gasteiger partial charge in [-0.1, -0.05) is 6.92 Å². The third-order valence-corrected chi connectivity index (χ3v) is 2.59. The van der Waals surface area contributed by atoms with E-state index in [2.05, 4.69) is 0 Å². The van der Waals surface area contributed by atoms with Gasteiger partial charge in [-0.15, -0.1) is 0 Å². The molecular formula is C10H20N2O3. The van der Waals surface area contributed by atoms with E-state index >= 15 is 0 Å². The minimum Gasteiger partial charge on any atom is -0.390 e. The lowest BCUT2D eigenvalue weighted by atomic mass is 10.1. The third-order valence-electron chi connectivity index (χ3n) is 2.59. The number of amides is 1. The van der Waals surface area contributed by atoms with Crippen molar-refractivity contribution in [2.75, 3.05) is 27.2 Å². The Labute approximate surface area is 90.6 Å². The first kappa shape index (κ1) is 12.4. The van der Waals surface area contributed by atoms with E-state index in [1.165, 1.54) is 5.06 Å². The number of likely N-dealkylation sites (N-methyl/N-ethyl adjacent to an activating group) is 1. The molecule has 15 heavy (non-hydrogen) atoms. The van der Waals surface area contributed by atoms with Gasteiger partial charge >= 0.3 is 0 Å². The van der Waals surface area contributed by atoms with Gasteiger partial charge in [0.25, 0.3) is 5.91 Å². The normalized spacial score (nSPS) is 28.9. The number of aliphatic hydroxyl groups is 1. The van der Waals surface area contributed by atoms with Crippen LogP contribution in [-0.2, 0) is 9.63 Å². The van der Waals surface area contributed by atoms with E-state index in [-0.39, 0.29) is 24.5 Å². The van der Waals surface area contributed by atoms with Gasteiger partial charge in [-0.05, 0) is 21.0 Å². The number of β-amino-alcohol motifs (C(OH)–C–C–N with tert-alkyl or cyclic N) is 1. The first-order chi connectivity index (χ1) is 6.91. The molecule has 1 aliphatic heterocycles. The van der Waals surface area contributed by atoms with Crippen LogP contribution in [0.4, 0.5) is 0 Å². The van der Waals surface area contributed by atoms with Crippen molar-refractivity contribution in [3.8, 4) is 0 Å². The summed E-state index contributed by atoms with van der Waals surface area (Å²) in [4.78, 5) is 18.8. The number of hydrogen-bond donors (Lipinski definition) is 1. The van der Waals surface area contributed by atoms with Crippen molar-refractivity contribution < 1.29 is 14.7 Å². The van der Waals surface area contributed by atoms with Crippen molar-refractivity contribution in [2.45, 2.75) is 26.1 Å². The number of hydroxylamine groups is 2. The molecule has 0 saturated carbocycles. The van der Waals surface area contributed by atoms with Crippen molar-refractivity contribution in [3.63, 3.8) is 0 Å². The molecule has 0 spiro atoms. The molecule has 1 fully saturated rings. The number of aliphatic hydroxyl groups excluding tert-OH is 1. The number of carbonyl (C=O) groups is 1. The molecule has 0 aromatic heterocycles. The van der Waals surface area contributed by atoms with Gasteiger partial charge in [0, 0.05) is 6.54 Å². The molecule has 1 N–H and O–H groups in total. The Morgan fingerprint density at radius 3 is 2.53 bits per heavy atom. The highest BCUT2D eigenvalue weighted by molar-refractivity contribution is 5.79. The van der Waals surface area contributed by atoms with Crippen molar-refractivity contribution >= 4 is 5.91 Å². The molecule has 5 nitrogen and oxygen atoms in total. The summed E-state index contributed by atoms with van der Waals surface area (Å²) in [6.45, 7) is 4.47. The van der Waals surface area contributed by atoms with Crippen LogP contribution in [0.5, 0.6) is 0 Å². The van der Waals surface area contributed by atoms with Crippen LogP contribution in [0.15, 0.2) is 0 Å². The van der Waals surface area contributed by atoms with Gasteiger partial charge in [-0.2, -0.15) is 0 Å². The minimum absolute atomic E-state index is 0.0414. The van der Waals surface area contributed by atoms with E-state index in [0.717, 1.165) is 0 Å². The fraction of sp³-hybridized carbons (Fsp3) is 0.900. The summed E-state index contributed by atoms with van der Waals surface area (Å²) < 4.78 is 0. The van der Waals surface area contributed by atoms with Crippen molar-refractivity contribution in [2.24, 2.45) is 5.92 Å². The van der Waals surface area contributed by atoms with Gasteiger partial charge in [0.15, 0.2) is 0 Å². The third kappa shape index (κ3) is 3.15. The quantitative estimate of drug-likeness (QED) is 0.701. The largest absolute Gasteiger partial charge is 0.390 e. The van der Waals surface area contributed by atoms with Gasteiger partial charge in [-0.25, -0.2) is 5.06 Å². The highest BCUT2D eigenvalue weighted by Crippen LogP contribution is 2.21. The maximum Gasteiger partial charge on any atom is 0.251 e. The molecule has 0 aromatic carbocycles. The molecule has 0 aromatic rings. The number of hydrogen-bond acceptors (Lipinski definition) is 4. The Balaban J connectivity index is 2.43.